The molecule has 1 N–H and O–H groups in total. The number of hydrogen-bond acceptors (Lipinski definition) is 5. The number of ether oxygens (including phenoxy) is 1. The van der Waals surface area contributed by atoms with Crippen LogP contribution in [-0.2, 0) is 27.0 Å². The second-order valence-electron chi connectivity index (χ2n) is 6.62. The van der Waals surface area contributed by atoms with Crippen LogP contribution in [0.3, 0.4) is 0 Å². The van der Waals surface area contributed by atoms with E-state index in [9.17, 15) is 28.0 Å². The molecule has 0 bridgehead atoms. The van der Waals surface area contributed by atoms with Gasteiger partial charge in [0.05, 0.1) is 17.1 Å². The minimum atomic E-state index is -4.75. The summed E-state index contributed by atoms with van der Waals surface area (Å²) >= 11 is 0. The predicted octanol–water partition coefficient (Wildman–Crippen LogP) is 2.55. The van der Waals surface area contributed by atoms with E-state index in [4.69, 9.17) is 4.74 Å². The Labute approximate surface area is 158 Å². The third-order valence-electron chi connectivity index (χ3n) is 4.61. The number of esters is 1. The van der Waals surface area contributed by atoms with Gasteiger partial charge in [-0.3, -0.25) is 9.59 Å². The number of aromatic nitrogens is 2. The van der Waals surface area contributed by atoms with Crippen molar-refractivity contribution in [3.05, 3.63) is 30.1 Å². The first-order valence-electron chi connectivity index (χ1n) is 8.64. The summed E-state index contributed by atoms with van der Waals surface area (Å²) in [7, 11) is 0. The largest absolute Gasteiger partial charge is 0.454 e. The lowest BCUT2D eigenvalue weighted by molar-refractivity contribution is -0.153. The summed E-state index contributed by atoms with van der Waals surface area (Å²) in [6.07, 6.45) is -2.11. The zero-order valence-electron chi connectivity index (χ0n) is 14.8. The average molecular weight is 394 g/mol. The number of para-hydroxylation sites is 2. The van der Waals surface area contributed by atoms with Gasteiger partial charge in [0.2, 0.25) is 5.82 Å². The molecule has 2 aromatic rings. The highest BCUT2D eigenvalue weighted by Crippen LogP contribution is 2.31. The Bertz CT molecular complexity index is 940. The molecule has 0 aliphatic heterocycles. The summed E-state index contributed by atoms with van der Waals surface area (Å²) in [5.74, 6) is -2.89. The number of alkyl halides is 3. The number of benzene rings is 1. The lowest BCUT2D eigenvalue weighted by Crippen LogP contribution is -2.46. The van der Waals surface area contributed by atoms with Crippen molar-refractivity contribution >= 4 is 22.9 Å². The van der Waals surface area contributed by atoms with Crippen LogP contribution in [0.25, 0.3) is 11.0 Å². The number of nitriles is 1. The van der Waals surface area contributed by atoms with Gasteiger partial charge in [-0.25, -0.2) is 4.98 Å². The molecule has 1 saturated carbocycles. The average Bonchev–Trinajstić information content (AvgIpc) is 3.25. The molecule has 1 aliphatic rings. The molecular weight excluding hydrogens is 377 g/mol. The van der Waals surface area contributed by atoms with Gasteiger partial charge in [0.15, 0.2) is 6.61 Å². The number of rotatable bonds is 5. The van der Waals surface area contributed by atoms with Gasteiger partial charge in [0.1, 0.15) is 12.1 Å². The number of fused-ring (bicyclic) bond motifs is 1. The van der Waals surface area contributed by atoms with Crippen molar-refractivity contribution in [2.45, 2.75) is 43.9 Å². The fourth-order valence-corrected chi connectivity index (χ4v) is 3.32. The van der Waals surface area contributed by atoms with E-state index in [0.29, 0.717) is 17.4 Å². The molecule has 1 amide bonds. The summed E-state index contributed by atoms with van der Waals surface area (Å²) in [5.41, 5.74) is -0.740. The molecular formula is C18H17F3N4O3. The van der Waals surface area contributed by atoms with E-state index in [0.717, 1.165) is 12.8 Å². The van der Waals surface area contributed by atoms with Crippen LogP contribution in [0, 0.1) is 11.3 Å². The van der Waals surface area contributed by atoms with Gasteiger partial charge in [-0.15, -0.1) is 0 Å². The summed E-state index contributed by atoms with van der Waals surface area (Å²) in [6.45, 7) is -1.41. The highest BCUT2D eigenvalue weighted by Gasteiger charge is 2.38. The van der Waals surface area contributed by atoms with Crippen molar-refractivity contribution in [1.29, 1.82) is 5.26 Å². The van der Waals surface area contributed by atoms with Crippen molar-refractivity contribution in [3.8, 4) is 6.07 Å². The lowest BCUT2D eigenvalue weighted by Gasteiger charge is -2.21. The quantitative estimate of drug-likeness (QED) is 0.786. The van der Waals surface area contributed by atoms with Crippen molar-refractivity contribution in [2.24, 2.45) is 0 Å². The lowest BCUT2D eigenvalue weighted by atomic mass is 10.00. The Balaban J connectivity index is 1.67. The van der Waals surface area contributed by atoms with E-state index in [1.807, 2.05) is 0 Å². The van der Waals surface area contributed by atoms with Crippen molar-refractivity contribution in [2.75, 3.05) is 6.61 Å². The molecule has 0 radical (unpaired) electrons. The molecule has 0 unspecified atom stereocenters. The van der Waals surface area contributed by atoms with Crippen LogP contribution in [-0.4, -0.2) is 33.6 Å². The van der Waals surface area contributed by atoms with E-state index < -0.39 is 42.6 Å². The number of imidazole rings is 1. The topological polar surface area (TPSA) is 97.0 Å². The van der Waals surface area contributed by atoms with E-state index in [1.54, 1.807) is 0 Å². The standard InChI is InChI=1S/C18H17F3N4O3/c19-18(20,21)16-23-12-5-1-2-6-13(12)25(16)9-15(27)28-10-14(26)24-17(11-22)7-3-4-8-17/h1-2,5-6H,3-4,7-10H2,(H,24,26). The summed E-state index contributed by atoms with van der Waals surface area (Å²) in [6, 6.07) is 7.95. The van der Waals surface area contributed by atoms with Crippen LogP contribution in [0.1, 0.15) is 31.5 Å². The first-order chi connectivity index (χ1) is 13.2. The van der Waals surface area contributed by atoms with Gasteiger partial charge in [0.25, 0.3) is 5.91 Å². The monoisotopic (exact) mass is 394 g/mol. The van der Waals surface area contributed by atoms with Crippen molar-refractivity contribution < 1.29 is 27.5 Å². The SMILES string of the molecule is N#CC1(NC(=O)COC(=O)Cn2c(C(F)(F)F)nc3ccccc32)CCCC1. The van der Waals surface area contributed by atoms with Crippen LogP contribution in [0.4, 0.5) is 13.2 Å². The number of hydrogen-bond donors (Lipinski definition) is 1. The normalized spacial score (nSPS) is 15.9. The molecule has 0 spiro atoms. The summed E-state index contributed by atoms with van der Waals surface area (Å²) in [4.78, 5) is 27.5. The van der Waals surface area contributed by atoms with Gasteiger partial charge in [-0.2, -0.15) is 18.4 Å². The molecule has 1 aromatic heterocycles. The molecule has 7 nitrogen and oxygen atoms in total. The van der Waals surface area contributed by atoms with E-state index in [2.05, 4.69) is 16.4 Å². The maximum absolute atomic E-state index is 13.2. The van der Waals surface area contributed by atoms with E-state index in [1.165, 1.54) is 24.3 Å². The Hall–Kier alpha value is -3.09. The first-order valence-corrected chi connectivity index (χ1v) is 8.64. The van der Waals surface area contributed by atoms with Crippen LogP contribution < -0.4 is 5.32 Å². The molecule has 0 saturated heterocycles. The zero-order chi connectivity index (χ0) is 20.4. The van der Waals surface area contributed by atoms with Gasteiger partial charge in [-0.05, 0) is 37.8 Å². The van der Waals surface area contributed by atoms with Crippen LogP contribution in [0.15, 0.2) is 24.3 Å². The second-order valence-corrected chi connectivity index (χ2v) is 6.62. The minimum Gasteiger partial charge on any atom is -0.454 e. The van der Waals surface area contributed by atoms with Gasteiger partial charge < -0.3 is 14.6 Å². The Morgan fingerprint density at radius 3 is 2.61 bits per heavy atom. The molecule has 0 atom stereocenters. The first kappa shape index (κ1) is 19.7. The van der Waals surface area contributed by atoms with Gasteiger partial charge >= 0.3 is 12.1 Å². The number of nitrogens with one attached hydrogen (secondary N) is 1. The predicted molar refractivity (Wildman–Crippen MR) is 90.6 cm³/mol. The Morgan fingerprint density at radius 1 is 1.29 bits per heavy atom. The molecule has 1 fully saturated rings. The van der Waals surface area contributed by atoms with Gasteiger partial charge in [0, 0.05) is 0 Å². The maximum Gasteiger partial charge on any atom is 0.449 e. The molecule has 10 heteroatoms. The minimum absolute atomic E-state index is 0.0950. The molecule has 1 aromatic carbocycles. The van der Waals surface area contributed by atoms with Crippen LogP contribution in [0.5, 0.6) is 0 Å². The van der Waals surface area contributed by atoms with Crippen molar-refractivity contribution in [3.63, 3.8) is 0 Å². The number of carbonyl (C=O) groups is 2. The molecule has 1 aliphatic carbocycles. The third-order valence-corrected chi connectivity index (χ3v) is 4.61. The number of carbonyl (C=O) groups excluding carboxylic acids is 2. The maximum atomic E-state index is 13.2. The second kappa shape index (κ2) is 7.50. The van der Waals surface area contributed by atoms with Crippen LogP contribution >= 0.6 is 0 Å². The molecule has 28 heavy (non-hydrogen) atoms. The van der Waals surface area contributed by atoms with E-state index in [-0.39, 0.29) is 11.0 Å². The molecule has 3 rings (SSSR count). The molecule has 1 heterocycles. The highest BCUT2D eigenvalue weighted by molar-refractivity contribution is 5.82. The molecule has 148 valence electrons. The zero-order valence-corrected chi connectivity index (χ0v) is 14.8. The number of amides is 1. The van der Waals surface area contributed by atoms with Gasteiger partial charge in [-0.1, -0.05) is 12.1 Å². The van der Waals surface area contributed by atoms with Crippen LogP contribution in [0.2, 0.25) is 0 Å². The Morgan fingerprint density at radius 2 is 1.96 bits per heavy atom. The van der Waals surface area contributed by atoms with E-state index >= 15 is 0 Å². The summed E-state index contributed by atoms with van der Waals surface area (Å²) < 4.78 is 45.2. The fourth-order valence-electron chi connectivity index (χ4n) is 3.32. The van der Waals surface area contributed by atoms with Crippen molar-refractivity contribution in [1.82, 2.24) is 14.9 Å². The third kappa shape index (κ3) is 4.08. The fraction of sp³-hybridized carbons (Fsp3) is 0.444. The summed E-state index contributed by atoms with van der Waals surface area (Å²) in [5, 5.41) is 11.8. The Kier molecular flexibility index (Phi) is 5.27. The highest BCUT2D eigenvalue weighted by atomic mass is 19.4. The number of nitrogens with zero attached hydrogens (tertiary/aromatic N) is 3. The smallest absolute Gasteiger partial charge is 0.449 e. The number of halogens is 3.